The number of amides is 1. The van der Waals surface area contributed by atoms with Gasteiger partial charge in [0.2, 0.25) is 11.8 Å². The first kappa shape index (κ1) is 15.1. The van der Waals surface area contributed by atoms with Crippen molar-refractivity contribution in [3.8, 4) is 17.7 Å². The Morgan fingerprint density at radius 2 is 2.30 bits per heavy atom. The van der Waals surface area contributed by atoms with Gasteiger partial charge in [-0.05, 0) is 30.0 Å². The molecule has 0 saturated carbocycles. The molecule has 1 aromatic heterocycles. The van der Waals surface area contributed by atoms with Gasteiger partial charge in [0, 0.05) is 18.0 Å². The predicted octanol–water partition coefficient (Wildman–Crippen LogP) is 2.04. The van der Waals surface area contributed by atoms with E-state index in [0.29, 0.717) is 18.9 Å². The molecular formula is C17H17N3O3. The van der Waals surface area contributed by atoms with Crippen LogP contribution >= 0.6 is 0 Å². The first-order chi connectivity index (χ1) is 11.2. The number of hydrogen-bond acceptors (Lipinski definition) is 5. The third kappa shape index (κ3) is 3.19. The number of rotatable bonds is 5. The monoisotopic (exact) mass is 311 g/mol. The number of nitrogens with one attached hydrogen (secondary N) is 1. The summed E-state index contributed by atoms with van der Waals surface area (Å²) in [5.41, 5.74) is 0. The quantitative estimate of drug-likeness (QED) is 0.913. The van der Waals surface area contributed by atoms with Crippen molar-refractivity contribution in [3.05, 3.63) is 30.5 Å². The molecule has 6 heteroatoms. The van der Waals surface area contributed by atoms with E-state index >= 15 is 0 Å². The highest BCUT2D eigenvalue weighted by molar-refractivity contribution is 5.88. The summed E-state index contributed by atoms with van der Waals surface area (Å²) in [5.74, 6) is 0.930. The summed E-state index contributed by atoms with van der Waals surface area (Å²) in [5, 5.41) is 13.5. The molecule has 1 N–H and O–H groups in total. The van der Waals surface area contributed by atoms with Crippen LogP contribution in [0.1, 0.15) is 12.8 Å². The molecule has 1 amide bonds. The second kappa shape index (κ2) is 6.53. The lowest BCUT2D eigenvalue weighted by Crippen LogP contribution is -2.31. The molecule has 118 valence electrons. The van der Waals surface area contributed by atoms with E-state index in [4.69, 9.17) is 14.7 Å². The Bertz CT molecular complexity index is 769. The summed E-state index contributed by atoms with van der Waals surface area (Å²) < 4.78 is 11.1. The Morgan fingerprint density at radius 1 is 1.43 bits per heavy atom. The molecule has 0 aliphatic carbocycles. The molecule has 1 aromatic carbocycles. The third-order valence-electron chi connectivity index (χ3n) is 3.98. The van der Waals surface area contributed by atoms with Gasteiger partial charge in [-0.1, -0.05) is 6.07 Å². The number of methoxy groups -OCH3 is 1. The van der Waals surface area contributed by atoms with Gasteiger partial charge in [0.05, 0.1) is 25.1 Å². The van der Waals surface area contributed by atoms with E-state index in [2.05, 4.69) is 10.3 Å². The Hall–Kier alpha value is -2.81. The van der Waals surface area contributed by atoms with Crippen molar-refractivity contribution in [2.24, 2.45) is 5.92 Å². The molecule has 23 heavy (non-hydrogen) atoms. The summed E-state index contributed by atoms with van der Waals surface area (Å²) in [6.45, 7) is 0.330. The number of ether oxygens (including phenoxy) is 2. The molecule has 1 aliphatic heterocycles. The van der Waals surface area contributed by atoms with E-state index in [1.807, 2.05) is 30.3 Å². The highest BCUT2D eigenvalue weighted by Crippen LogP contribution is 2.28. The standard InChI is InChI=1S/C17H17N3O3/c1-22-14-3-2-11-5-7-19-17(15(11)9-14)23-10-13-8-12(4-6-18)16(21)20-13/h2-3,5,7,9,12-13H,4,8,10H2,1H3,(H,20,21)/t12-,13-/m0/s1. The molecule has 1 aliphatic rings. The third-order valence-corrected chi connectivity index (χ3v) is 3.98. The zero-order valence-corrected chi connectivity index (χ0v) is 12.8. The van der Waals surface area contributed by atoms with E-state index < -0.39 is 0 Å². The van der Waals surface area contributed by atoms with Crippen molar-refractivity contribution in [1.29, 1.82) is 5.26 Å². The van der Waals surface area contributed by atoms with Crippen molar-refractivity contribution in [1.82, 2.24) is 10.3 Å². The maximum atomic E-state index is 11.7. The minimum atomic E-state index is -0.242. The zero-order valence-electron chi connectivity index (χ0n) is 12.8. The number of nitrogens with zero attached hydrogens (tertiary/aromatic N) is 2. The number of nitriles is 1. The van der Waals surface area contributed by atoms with E-state index in [1.165, 1.54) is 0 Å². The number of hydrogen-bond donors (Lipinski definition) is 1. The number of benzene rings is 1. The summed E-state index contributed by atoms with van der Waals surface area (Å²) in [7, 11) is 1.61. The summed E-state index contributed by atoms with van der Waals surface area (Å²) >= 11 is 0. The first-order valence-electron chi connectivity index (χ1n) is 7.44. The van der Waals surface area contributed by atoms with Crippen LogP contribution < -0.4 is 14.8 Å². The summed E-state index contributed by atoms with van der Waals surface area (Å²) in [6, 6.07) is 9.56. The maximum absolute atomic E-state index is 11.7. The van der Waals surface area contributed by atoms with Gasteiger partial charge in [0.15, 0.2) is 0 Å². The molecule has 0 radical (unpaired) electrons. The number of pyridine rings is 1. The lowest BCUT2D eigenvalue weighted by molar-refractivity contribution is -0.122. The Morgan fingerprint density at radius 3 is 3.09 bits per heavy atom. The maximum Gasteiger partial charge on any atom is 0.224 e. The van der Waals surface area contributed by atoms with E-state index in [0.717, 1.165) is 16.5 Å². The lowest BCUT2D eigenvalue weighted by atomic mass is 10.0. The molecule has 2 heterocycles. The van der Waals surface area contributed by atoms with Crippen LogP contribution in [0.2, 0.25) is 0 Å². The number of carbonyl (C=O) groups is 1. The normalized spacial score (nSPS) is 20.1. The van der Waals surface area contributed by atoms with Gasteiger partial charge >= 0.3 is 0 Å². The largest absolute Gasteiger partial charge is 0.497 e. The van der Waals surface area contributed by atoms with Gasteiger partial charge < -0.3 is 14.8 Å². The van der Waals surface area contributed by atoms with Crippen LogP contribution in [0, 0.1) is 17.2 Å². The molecule has 1 saturated heterocycles. The van der Waals surface area contributed by atoms with E-state index in [1.54, 1.807) is 13.3 Å². The molecule has 3 rings (SSSR count). The minimum Gasteiger partial charge on any atom is -0.497 e. The van der Waals surface area contributed by atoms with Gasteiger partial charge in [0.1, 0.15) is 12.4 Å². The van der Waals surface area contributed by atoms with Gasteiger partial charge in [-0.2, -0.15) is 5.26 Å². The van der Waals surface area contributed by atoms with Crippen molar-refractivity contribution in [3.63, 3.8) is 0 Å². The van der Waals surface area contributed by atoms with Crippen LogP contribution in [0.5, 0.6) is 11.6 Å². The number of aromatic nitrogens is 1. The van der Waals surface area contributed by atoms with Crippen LogP contribution in [0.15, 0.2) is 30.5 Å². The van der Waals surface area contributed by atoms with Crippen LogP contribution in [0.4, 0.5) is 0 Å². The van der Waals surface area contributed by atoms with Crippen molar-refractivity contribution in [2.45, 2.75) is 18.9 Å². The Balaban J connectivity index is 1.73. The molecule has 1 fully saturated rings. The number of carbonyl (C=O) groups excluding carboxylic acids is 1. The molecule has 0 unspecified atom stereocenters. The van der Waals surface area contributed by atoms with Crippen LogP contribution in [-0.4, -0.2) is 30.6 Å². The summed E-state index contributed by atoms with van der Waals surface area (Å²) in [4.78, 5) is 16.0. The predicted molar refractivity (Wildman–Crippen MR) is 84.1 cm³/mol. The second-order valence-electron chi connectivity index (χ2n) is 5.51. The fourth-order valence-electron chi connectivity index (χ4n) is 2.77. The molecule has 6 nitrogen and oxygen atoms in total. The van der Waals surface area contributed by atoms with Crippen molar-refractivity contribution < 1.29 is 14.3 Å². The van der Waals surface area contributed by atoms with Crippen LogP contribution in [0.3, 0.4) is 0 Å². The van der Waals surface area contributed by atoms with Gasteiger partial charge in [-0.3, -0.25) is 4.79 Å². The molecule has 0 bridgehead atoms. The first-order valence-corrected chi connectivity index (χ1v) is 7.44. The van der Waals surface area contributed by atoms with Crippen LogP contribution in [-0.2, 0) is 4.79 Å². The van der Waals surface area contributed by atoms with E-state index in [9.17, 15) is 4.79 Å². The Labute approximate surface area is 134 Å². The second-order valence-corrected chi connectivity index (χ2v) is 5.51. The fraction of sp³-hybridized carbons (Fsp3) is 0.353. The molecular weight excluding hydrogens is 294 g/mol. The van der Waals surface area contributed by atoms with Crippen molar-refractivity contribution in [2.75, 3.05) is 13.7 Å². The highest BCUT2D eigenvalue weighted by atomic mass is 16.5. The minimum absolute atomic E-state index is 0.0762. The average molecular weight is 311 g/mol. The Kier molecular flexibility index (Phi) is 4.29. The molecule has 2 aromatic rings. The molecule has 2 atom stereocenters. The SMILES string of the molecule is COc1ccc2ccnc(OC[C@@H]3C[C@H](CC#N)C(=O)N3)c2c1. The van der Waals surface area contributed by atoms with Gasteiger partial charge in [-0.25, -0.2) is 4.98 Å². The van der Waals surface area contributed by atoms with Gasteiger partial charge in [-0.15, -0.1) is 0 Å². The lowest BCUT2D eigenvalue weighted by Gasteiger charge is -2.13. The fourth-order valence-corrected chi connectivity index (χ4v) is 2.77. The highest BCUT2D eigenvalue weighted by Gasteiger charge is 2.32. The van der Waals surface area contributed by atoms with E-state index in [-0.39, 0.29) is 24.3 Å². The summed E-state index contributed by atoms with van der Waals surface area (Å²) in [6.07, 6.45) is 2.54. The molecule has 0 spiro atoms. The topological polar surface area (TPSA) is 84.2 Å². The van der Waals surface area contributed by atoms with Crippen molar-refractivity contribution >= 4 is 16.7 Å². The van der Waals surface area contributed by atoms with Gasteiger partial charge in [0.25, 0.3) is 0 Å². The average Bonchev–Trinajstić information content (AvgIpc) is 2.92. The van der Waals surface area contributed by atoms with Crippen LogP contribution in [0.25, 0.3) is 10.8 Å². The smallest absolute Gasteiger partial charge is 0.224 e. The zero-order chi connectivity index (χ0) is 16.2. The number of fused-ring (bicyclic) bond motifs is 1.